The molecule has 0 aliphatic rings. The van der Waals surface area contributed by atoms with Gasteiger partial charge in [-0.2, -0.15) is 0 Å². The molecule has 0 amide bonds. The SMILES string of the molecule is COC(=O)c1cc([N+](=O)[O-])c(C#Cc2ccccc2)s1. The monoisotopic (exact) mass is 287 g/mol. The number of ether oxygens (including phenoxy) is 1. The predicted octanol–water partition coefficient (Wildman–Crippen LogP) is 2.84. The maximum absolute atomic E-state index is 11.4. The molecule has 6 heteroatoms. The maximum Gasteiger partial charge on any atom is 0.348 e. The Bertz CT molecular complexity index is 710. The van der Waals surface area contributed by atoms with Crippen LogP contribution in [0, 0.1) is 22.0 Å². The topological polar surface area (TPSA) is 69.4 Å². The van der Waals surface area contributed by atoms with Gasteiger partial charge in [0, 0.05) is 11.6 Å². The fourth-order valence-electron chi connectivity index (χ4n) is 1.46. The summed E-state index contributed by atoms with van der Waals surface area (Å²) < 4.78 is 4.55. The van der Waals surface area contributed by atoms with E-state index in [2.05, 4.69) is 16.6 Å². The molecule has 0 aliphatic heterocycles. The smallest absolute Gasteiger partial charge is 0.348 e. The Hall–Kier alpha value is -2.65. The van der Waals surface area contributed by atoms with Crippen LogP contribution in [0.5, 0.6) is 0 Å². The Morgan fingerprint density at radius 3 is 2.60 bits per heavy atom. The number of carbonyl (C=O) groups excluding carboxylic acids is 1. The molecule has 5 nitrogen and oxygen atoms in total. The number of methoxy groups -OCH3 is 1. The first-order valence-electron chi connectivity index (χ1n) is 5.55. The molecule has 0 aliphatic carbocycles. The molecule has 20 heavy (non-hydrogen) atoms. The Labute approximate surface area is 119 Å². The van der Waals surface area contributed by atoms with E-state index in [1.165, 1.54) is 13.2 Å². The largest absolute Gasteiger partial charge is 0.465 e. The first-order valence-corrected chi connectivity index (χ1v) is 6.37. The molecule has 0 saturated heterocycles. The molecule has 0 N–H and O–H groups in total. The van der Waals surface area contributed by atoms with Gasteiger partial charge < -0.3 is 4.74 Å². The number of carbonyl (C=O) groups is 1. The third-order valence-corrected chi connectivity index (χ3v) is 3.41. The highest BCUT2D eigenvalue weighted by Gasteiger charge is 2.21. The molecule has 0 unspecified atom stereocenters. The van der Waals surface area contributed by atoms with Gasteiger partial charge in [-0.25, -0.2) is 4.79 Å². The minimum absolute atomic E-state index is 0.163. The Balaban J connectivity index is 2.41. The molecule has 0 radical (unpaired) electrons. The molecule has 1 aromatic carbocycles. The van der Waals surface area contributed by atoms with Gasteiger partial charge in [0.25, 0.3) is 5.69 Å². The van der Waals surface area contributed by atoms with Gasteiger partial charge in [-0.15, -0.1) is 11.3 Å². The molecular weight excluding hydrogens is 278 g/mol. The molecule has 100 valence electrons. The number of benzene rings is 1. The minimum atomic E-state index is -0.606. The van der Waals surface area contributed by atoms with Crippen LogP contribution in [-0.4, -0.2) is 18.0 Å². The van der Waals surface area contributed by atoms with Crippen LogP contribution in [0.15, 0.2) is 36.4 Å². The average molecular weight is 287 g/mol. The highest BCUT2D eigenvalue weighted by atomic mass is 32.1. The van der Waals surface area contributed by atoms with E-state index in [9.17, 15) is 14.9 Å². The molecule has 1 aromatic heterocycles. The molecule has 1 heterocycles. The summed E-state index contributed by atoms with van der Waals surface area (Å²) in [5.74, 6) is 4.95. The van der Waals surface area contributed by atoms with Crippen molar-refractivity contribution < 1.29 is 14.5 Å². The van der Waals surface area contributed by atoms with Crippen LogP contribution in [0.1, 0.15) is 20.1 Å². The quantitative estimate of drug-likeness (QED) is 0.368. The summed E-state index contributed by atoms with van der Waals surface area (Å²) >= 11 is 0.950. The van der Waals surface area contributed by atoms with Crippen LogP contribution in [-0.2, 0) is 4.74 Å². The van der Waals surface area contributed by atoms with Crippen molar-refractivity contribution in [2.24, 2.45) is 0 Å². The zero-order valence-corrected chi connectivity index (χ0v) is 11.3. The van der Waals surface area contributed by atoms with Crippen LogP contribution in [0.25, 0.3) is 0 Å². The van der Waals surface area contributed by atoms with E-state index in [4.69, 9.17) is 0 Å². The first kappa shape index (κ1) is 13.8. The van der Waals surface area contributed by atoms with Crippen LogP contribution in [0.3, 0.4) is 0 Å². The Morgan fingerprint density at radius 1 is 1.30 bits per heavy atom. The van der Waals surface area contributed by atoms with Crippen molar-refractivity contribution >= 4 is 23.0 Å². The van der Waals surface area contributed by atoms with Gasteiger partial charge in [-0.05, 0) is 18.1 Å². The van der Waals surface area contributed by atoms with Gasteiger partial charge in [0.05, 0.1) is 12.0 Å². The molecule has 2 aromatic rings. The molecule has 0 bridgehead atoms. The highest BCUT2D eigenvalue weighted by Crippen LogP contribution is 2.28. The van der Waals surface area contributed by atoms with Crippen molar-refractivity contribution in [1.82, 2.24) is 0 Å². The van der Waals surface area contributed by atoms with Crippen molar-refractivity contribution in [3.8, 4) is 11.8 Å². The Morgan fingerprint density at radius 2 is 2.00 bits per heavy atom. The lowest BCUT2D eigenvalue weighted by Crippen LogP contribution is -1.97. The highest BCUT2D eigenvalue weighted by molar-refractivity contribution is 7.15. The second kappa shape index (κ2) is 5.99. The molecular formula is C14H9NO4S. The summed E-state index contributed by atoms with van der Waals surface area (Å²) in [4.78, 5) is 22.2. The van der Waals surface area contributed by atoms with E-state index in [-0.39, 0.29) is 15.4 Å². The number of esters is 1. The number of hydrogen-bond acceptors (Lipinski definition) is 5. The van der Waals surface area contributed by atoms with Gasteiger partial charge >= 0.3 is 5.97 Å². The van der Waals surface area contributed by atoms with Crippen LogP contribution >= 0.6 is 11.3 Å². The zero-order chi connectivity index (χ0) is 14.5. The van der Waals surface area contributed by atoms with Crippen LogP contribution < -0.4 is 0 Å². The fourth-order valence-corrected chi connectivity index (χ4v) is 2.36. The van der Waals surface area contributed by atoms with Gasteiger partial charge in [0.15, 0.2) is 4.88 Å². The van der Waals surface area contributed by atoms with Gasteiger partial charge in [-0.1, -0.05) is 24.1 Å². The number of hydrogen-bond donors (Lipinski definition) is 0. The second-order valence-electron chi connectivity index (χ2n) is 3.69. The van der Waals surface area contributed by atoms with Crippen LogP contribution in [0.2, 0.25) is 0 Å². The third kappa shape index (κ3) is 3.02. The molecule has 0 saturated carbocycles. The van der Waals surface area contributed by atoms with E-state index in [1.807, 2.05) is 18.2 Å². The Kier molecular flexibility index (Phi) is 4.13. The van der Waals surface area contributed by atoms with E-state index in [1.54, 1.807) is 12.1 Å². The number of thiophene rings is 1. The number of nitrogens with zero attached hydrogens (tertiary/aromatic N) is 1. The molecule has 0 spiro atoms. The summed E-state index contributed by atoms with van der Waals surface area (Å²) in [7, 11) is 1.23. The summed E-state index contributed by atoms with van der Waals surface area (Å²) in [6.07, 6.45) is 0. The van der Waals surface area contributed by atoms with E-state index in [0.717, 1.165) is 16.9 Å². The first-order chi connectivity index (χ1) is 9.61. The zero-order valence-electron chi connectivity index (χ0n) is 10.5. The second-order valence-corrected chi connectivity index (χ2v) is 4.74. The summed E-state index contributed by atoms with van der Waals surface area (Å²) in [5.41, 5.74) is 0.564. The van der Waals surface area contributed by atoms with E-state index < -0.39 is 10.9 Å². The van der Waals surface area contributed by atoms with Crippen LogP contribution in [0.4, 0.5) is 5.69 Å². The number of nitro groups is 1. The predicted molar refractivity (Wildman–Crippen MR) is 74.7 cm³/mol. The normalized spacial score (nSPS) is 9.45. The van der Waals surface area contributed by atoms with Gasteiger partial charge in [0.1, 0.15) is 4.88 Å². The average Bonchev–Trinajstić information content (AvgIpc) is 2.90. The van der Waals surface area contributed by atoms with Gasteiger partial charge in [-0.3, -0.25) is 10.1 Å². The minimum Gasteiger partial charge on any atom is -0.465 e. The van der Waals surface area contributed by atoms with Crippen molar-refractivity contribution in [2.75, 3.05) is 7.11 Å². The summed E-state index contributed by atoms with van der Waals surface area (Å²) in [6, 6.07) is 10.3. The molecule has 0 atom stereocenters. The van der Waals surface area contributed by atoms with E-state index >= 15 is 0 Å². The van der Waals surface area contributed by atoms with E-state index in [0.29, 0.717) is 0 Å². The van der Waals surface area contributed by atoms with Crippen molar-refractivity contribution in [2.45, 2.75) is 0 Å². The standard InChI is InChI=1S/C14H9NO4S/c1-19-14(16)13-9-11(15(17)18)12(20-13)8-7-10-5-3-2-4-6-10/h2-6,9H,1H3. The summed E-state index contributed by atoms with van der Waals surface area (Å²) in [5, 5.41) is 10.9. The molecule has 2 rings (SSSR count). The van der Waals surface area contributed by atoms with Crippen molar-refractivity contribution in [3.63, 3.8) is 0 Å². The third-order valence-electron chi connectivity index (χ3n) is 2.39. The lowest BCUT2D eigenvalue weighted by atomic mass is 10.2. The maximum atomic E-state index is 11.4. The molecule has 0 fully saturated rings. The van der Waals surface area contributed by atoms with Crippen molar-refractivity contribution in [3.05, 3.63) is 61.8 Å². The van der Waals surface area contributed by atoms with Crippen molar-refractivity contribution in [1.29, 1.82) is 0 Å². The summed E-state index contributed by atoms with van der Waals surface area (Å²) in [6.45, 7) is 0. The lowest BCUT2D eigenvalue weighted by molar-refractivity contribution is -0.384. The van der Waals surface area contributed by atoms with Gasteiger partial charge in [0.2, 0.25) is 0 Å². The number of rotatable bonds is 2. The fraction of sp³-hybridized carbons (Fsp3) is 0.0714. The lowest BCUT2D eigenvalue weighted by Gasteiger charge is -1.90.